The van der Waals surface area contributed by atoms with E-state index in [9.17, 15) is 0 Å². The number of benzene rings is 1. The zero-order valence-electron chi connectivity index (χ0n) is 12.8. The molecule has 0 amide bonds. The van der Waals surface area contributed by atoms with Crippen molar-refractivity contribution in [1.29, 1.82) is 0 Å². The molecule has 1 aromatic rings. The van der Waals surface area contributed by atoms with Crippen molar-refractivity contribution in [2.24, 2.45) is 5.10 Å². The Labute approximate surface area is 131 Å². The molecule has 0 fully saturated rings. The monoisotopic (exact) mass is 309 g/mol. The molecule has 6 heteroatoms. The fourth-order valence-electron chi connectivity index (χ4n) is 1.48. The smallest absolute Gasteiger partial charge is 0.186 e. The van der Waals surface area contributed by atoms with Gasteiger partial charge in [-0.2, -0.15) is 5.10 Å². The quantitative estimate of drug-likeness (QED) is 0.439. The Hall–Kier alpha value is -1.82. The summed E-state index contributed by atoms with van der Waals surface area (Å²) in [5, 5.41) is 7.32. The summed E-state index contributed by atoms with van der Waals surface area (Å²) in [4.78, 5) is 0. The van der Waals surface area contributed by atoms with Crippen LogP contribution in [0.15, 0.2) is 23.3 Å². The molecule has 0 spiro atoms. The number of hydrogen-bond acceptors (Lipinski definition) is 4. The summed E-state index contributed by atoms with van der Waals surface area (Å²) >= 11 is 4.95. The molecule has 0 atom stereocenters. The van der Waals surface area contributed by atoms with E-state index in [-0.39, 0.29) is 0 Å². The lowest BCUT2D eigenvalue weighted by Crippen LogP contribution is -2.28. The highest BCUT2D eigenvalue weighted by atomic mass is 32.1. The first-order chi connectivity index (χ1) is 10.2. The molecule has 5 nitrogen and oxygen atoms in total. The standard InChI is InChI=1S/C15H23N3O2S/c1-4-8-19-13-7-6-12(11-17-18-15(21)16-3)14(10-13)20-9-5-2/h6-7,10-11H,4-5,8-9H2,1-3H3,(H2,16,18,21)/b17-11-. The van der Waals surface area contributed by atoms with Crippen molar-refractivity contribution >= 4 is 23.5 Å². The van der Waals surface area contributed by atoms with Crippen LogP contribution >= 0.6 is 12.2 Å². The number of hydrazone groups is 1. The Morgan fingerprint density at radius 1 is 1.24 bits per heavy atom. The molecular weight excluding hydrogens is 286 g/mol. The average Bonchev–Trinajstić information content (AvgIpc) is 2.51. The molecular formula is C15H23N3O2S. The molecule has 1 rings (SSSR count). The van der Waals surface area contributed by atoms with E-state index in [0.29, 0.717) is 18.3 Å². The number of nitrogens with one attached hydrogen (secondary N) is 2. The van der Waals surface area contributed by atoms with Crippen LogP contribution in [0.5, 0.6) is 11.5 Å². The molecule has 0 aliphatic rings. The minimum absolute atomic E-state index is 0.463. The van der Waals surface area contributed by atoms with E-state index >= 15 is 0 Å². The summed E-state index contributed by atoms with van der Waals surface area (Å²) in [6.07, 6.45) is 3.59. The lowest BCUT2D eigenvalue weighted by molar-refractivity contribution is 0.301. The van der Waals surface area contributed by atoms with Gasteiger partial charge in [0.15, 0.2) is 5.11 Å². The van der Waals surface area contributed by atoms with E-state index in [1.165, 1.54) is 0 Å². The Morgan fingerprint density at radius 3 is 2.62 bits per heavy atom. The normalized spacial score (nSPS) is 10.4. The predicted octanol–water partition coefficient (Wildman–Crippen LogP) is 2.69. The third-order valence-electron chi connectivity index (χ3n) is 2.52. The van der Waals surface area contributed by atoms with Gasteiger partial charge in [-0.3, -0.25) is 5.43 Å². The van der Waals surface area contributed by atoms with Gasteiger partial charge in [0, 0.05) is 18.7 Å². The summed E-state index contributed by atoms with van der Waals surface area (Å²) in [6, 6.07) is 5.72. The van der Waals surface area contributed by atoms with Crippen molar-refractivity contribution in [1.82, 2.24) is 10.7 Å². The van der Waals surface area contributed by atoms with Crippen LogP contribution in [-0.4, -0.2) is 31.6 Å². The van der Waals surface area contributed by atoms with E-state index in [1.807, 2.05) is 18.2 Å². The molecule has 21 heavy (non-hydrogen) atoms. The highest BCUT2D eigenvalue weighted by molar-refractivity contribution is 7.80. The van der Waals surface area contributed by atoms with Crippen LogP contribution in [0.3, 0.4) is 0 Å². The SMILES string of the molecule is CCCOc1ccc(/C=N\NC(=S)NC)c(OCCC)c1. The number of nitrogens with zero attached hydrogens (tertiary/aromatic N) is 1. The van der Waals surface area contributed by atoms with Gasteiger partial charge in [-0.1, -0.05) is 13.8 Å². The number of thiocarbonyl (C=S) groups is 1. The molecule has 2 N–H and O–H groups in total. The predicted molar refractivity (Wildman–Crippen MR) is 90.4 cm³/mol. The summed E-state index contributed by atoms with van der Waals surface area (Å²) in [6.45, 7) is 5.49. The van der Waals surface area contributed by atoms with Gasteiger partial charge in [0.2, 0.25) is 0 Å². The first-order valence-corrected chi connectivity index (χ1v) is 7.52. The zero-order valence-corrected chi connectivity index (χ0v) is 13.6. The first kappa shape index (κ1) is 17.2. The second-order valence-electron chi connectivity index (χ2n) is 4.35. The van der Waals surface area contributed by atoms with Crippen molar-refractivity contribution < 1.29 is 9.47 Å². The van der Waals surface area contributed by atoms with Gasteiger partial charge in [0.05, 0.1) is 19.4 Å². The van der Waals surface area contributed by atoms with Crippen LogP contribution in [0.25, 0.3) is 0 Å². The molecule has 0 heterocycles. The lowest BCUT2D eigenvalue weighted by atomic mass is 10.2. The molecule has 0 bridgehead atoms. The van der Waals surface area contributed by atoms with E-state index < -0.39 is 0 Å². The van der Waals surface area contributed by atoms with Crippen LogP contribution in [0, 0.1) is 0 Å². The van der Waals surface area contributed by atoms with Crippen LogP contribution < -0.4 is 20.2 Å². The fourth-order valence-corrected chi connectivity index (χ4v) is 1.54. The molecule has 0 aliphatic heterocycles. The van der Waals surface area contributed by atoms with E-state index in [1.54, 1.807) is 13.3 Å². The van der Waals surface area contributed by atoms with E-state index in [2.05, 4.69) is 29.7 Å². The van der Waals surface area contributed by atoms with Crippen LogP contribution in [0.4, 0.5) is 0 Å². The van der Waals surface area contributed by atoms with Gasteiger partial charge in [-0.05, 0) is 37.2 Å². The van der Waals surface area contributed by atoms with Crippen molar-refractivity contribution in [3.63, 3.8) is 0 Å². The minimum Gasteiger partial charge on any atom is -0.493 e. The van der Waals surface area contributed by atoms with Crippen LogP contribution in [-0.2, 0) is 0 Å². The van der Waals surface area contributed by atoms with Gasteiger partial charge in [-0.15, -0.1) is 0 Å². The number of rotatable bonds is 8. The van der Waals surface area contributed by atoms with Crippen molar-refractivity contribution in [3.8, 4) is 11.5 Å². The molecule has 0 unspecified atom stereocenters. The van der Waals surface area contributed by atoms with Gasteiger partial charge in [-0.25, -0.2) is 0 Å². The zero-order chi connectivity index (χ0) is 15.5. The summed E-state index contributed by atoms with van der Waals surface area (Å²) in [5.74, 6) is 1.56. The molecule has 0 saturated carbocycles. The fraction of sp³-hybridized carbons (Fsp3) is 0.467. The Morgan fingerprint density at radius 2 is 1.95 bits per heavy atom. The lowest BCUT2D eigenvalue weighted by Gasteiger charge is -2.11. The highest BCUT2D eigenvalue weighted by Crippen LogP contribution is 2.24. The Bertz CT molecular complexity index is 478. The molecule has 0 aromatic heterocycles. The third kappa shape index (κ3) is 6.44. The van der Waals surface area contributed by atoms with Crippen molar-refractivity contribution in [2.75, 3.05) is 20.3 Å². The van der Waals surface area contributed by atoms with Gasteiger partial charge in [0.1, 0.15) is 11.5 Å². The van der Waals surface area contributed by atoms with Gasteiger partial charge in [0.25, 0.3) is 0 Å². The highest BCUT2D eigenvalue weighted by Gasteiger charge is 2.04. The van der Waals surface area contributed by atoms with Crippen LogP contribution in [0.1, 0.15) is 32.3 Å². The molecule has 0 saturated heterocycles. The first-order valence-electron chi connectivity index (χ1n) is 7.11. The minimum atomic E-state index is 0.463. The molecule has 0 radical (unpaired) electrons. The van der Waals surface area contributed by atoms with Gasteiger partial charge < -0.3 is 14.8 Å². The van der Waals surface area contributed by atoms with E-state index in [0.717, 1.165) is 29.9 Å². The summed E-state index contributed by atoms with van der Waals surface area (Å²) in [7, 11) is 1.74. The second kappa shape index (κ2) is 9.99. The van der Waals surface area contributed by atoms with Gasteiger partial charge >= 0.3 is 0 Å². The maximum atomic E-state index is 5.74. The molecule has 1 aromatic carbocycles. The van der Waals surface area contributed by atoms with Crippen molar-refractivity contribution in [2.45, 2.75) is 26.7 Å². The largest absolute Gasteiger partial charge is 0.493 e. The average molecular weight is 309 g/mol. The Balaban J connectivity index is 2.82. The topological polar surface area (TPSA) is 54.9 Å². The Kier molecular flexibility index (Phi) is 8.19. The van der Waals surface area contributed by atoms with E-state index in [4.69, 9.17) is 21.7 Å². The second-order valence-corrected chi connectivity index (χ2v) is 4.75. The molecule has 0 aliphatic carbocycles. The maximum absolute atomic E-state index is 5.74. The maximum Gasteiger partial charge on any atom is 0.186 e. The summed E-state index contributed by atoms with van der Waals surface area (Å²) < 4.78 is 11.4. The van der Waals surface area contributed by atoms with Crippen LogP contribution in [0.2, 0.25) is 0 Å². The van der Waals surface area contributed by atoms with Crippen molar-refractivity contribution in [3.05, 3.63) is 23.8 Å². The third-order valence-corrected chi connectivity index (χ3v) is 2.81. The molecule has 116 valence electrons. The number of ether oxygens (including phenoxy) is 2. The number of hydrogen-bond donors (Lipinski definition) is 2. The summed E-state index contributed by atoms with van der Waals surface area (Å²) in [5.41, 5.74) is 3.59.